The Kier molecular flexibility index (Phi) is 1.17. The van der Waals surface area contributed by atoms with Crippen LogP contribution in [0.3, 0.4) is 0 Å². The first-order valence-corrected chi connectivity index (χ1v) is 2.59. The maximum absolute atomic E-state index is 4.64. The molecule has 0 aromatic rings. The maximum atomic E-state index is 4.64. The van der Waals surface area contributed by atoms with Crippen LogP contribution in [0, 0.1) is 0 Å². The summed E-state index contributed by atoms with van der Waals surface area (Å²) in [6.07, 6.45) is 1.24. The molecule has 1 aliphatic heterocycles. The number of thiocarbonyl (C=S) groups is 1. The minimum atomic E-state index is 0.556. The van der Waals surface area contributed by atoms with Gasteiger partial charge in [-0.1, -0.05) is 12.2 Å². The predicted molar refractivity (Wildman–Crippen MR) is 30.1 cm³/mol. The SMILES string of the molecule is S=CC1CCN1. The fourth-order valence-electron chi connectivity index (χ4n) is 0.427. The van der Waals surface area contributed by atoms with Crippen LogP contribution in [-0.4, -0.2) is 18.0 Å². The van der Waals surface area contributed by atoms with E-state index in [1.54, 1.807) is 5.37 Å². The van der Waals surface area contributed by atoms with Crippen LogP contribution >= 0.6 is 12.2 Å². The van der Waals surface area contributed by atoms with Crippen LogP contribution in [0.2, 0.25) is 0 Å². The second kappa shape index (κ2) is 1.67. The molecule has 1 N–H and O–H groups in total. The van der Waals surface area contributed by atoms with Crippen LogP contribution in [0.15, 0.2) is 0 Å². The molecule has 1 fully saturated rings. The van der Waals surface area contributed by atoms with Gasteiger partial charge in [0.1, 0.15) is 0 Å². The molecule has 1 atom stereocenters. The number of hydrogen-bond acceptors (Lipinski definition) is 2. The zero-order valence-electron chi connectivity index (χ0n) is 3.48. The highest BCUT2D eigenvalue weighted by Crippen LogP contribution is 1.96. The molecule has 0 spiro atoms. The van der Waals surface area contributed by atoms with E-state index < -0.39 is 0 Å². The molecular weight excluding hydrogens is 94.1 g/mol. The molecule has 1 unspecified atom stereocenters. The Morgan fingerprint density at radius 1 is 1.83 bits per heavy atom. The Labute approximate surface area is 42.7 Å². The van der Waals surface area contributed by atoms with Crippen molar-refractivity contribution in [1.29, 1.82) is 0 Å². The molecule has 1 heterocycles. The van der Waals surface area contributed by atoms with Gasteiger partial charge in [0.2, 0.25) is 0 Å². The lowest BCUT2D eigenvalue weighted by molar-refractivity contribution is 0.469. The zero-order valence-corrected chi connectivity index (χ0v) is 4.29. The zero-order chi connectivity index (χ0) is 4.41. The molecule has 0 amide bonds. The third-order valence-electron chi connectivity index (χ3n) is 1.03. The molecule has 0 saturated carbocycles. The van der Waals surface area contributed by atoms with Crippen molar-refractivity contribution in [3.05, 3.63) is 0 Å². The quantitative estimate of drug-likeness (QED) is 0.478. The van der Waals surface area contributed by atoms with Crippen molar-refractivity contribution in [1.82, 2.24) is 5.32 Å². The Morgan fingerprint density at radius 2 is 2.50 bits per heavy atom. The van der Waals surface area contributed by atoms with Gasteiger partial charge in [-0.2, -0.15) is 0 Å². The summed E-state index contributed by atoms with van der Waals surface area (Å²) in [5.41, 5.74) is 0. The summed E-state index contributed by atoms with van der Waals surface area (Å²) in [7, 11) is 0. The van der Waals surface area contributed by atoms with Crippen molar-refractivity contribution >= 4 is 17.6 Å². The standard InChI is InChI=1S/C4H7NS/c6-3-4-1-2-5-4/h3-5H,1-2H2. The van der Waals surface area contributed by atoms with Crippen molar-refractivity contribution < 1.29 is 0 Å². The van der Waals surface area contributed by atoms with Crippen molar-refractivity contribution in [2.24, 2.45) is 0 Å². The van der Waals surface area contributed by atoms with E-state index in [0.29, 0.717) is 6.04 Å². The molecule has 6 heavy (non-hydrogen) atoms. The first kappa shape index (κ1) is 4.22. The van der Waals surface area contributed by atoms with Crippen LogP contribution in [0.5, 0.6) is 0 Å². The minimum Gasteiger partial charge on any atom is -0.310 e. The molecule has 0 bridgehead atoms. The molecule has 2 heteroatoms. The van der Waals surface area contributed by atoms with E-state index in [1.165, 1.54) is 6.42 Å². The molecule has 0 aliphatic carbocycles. The predicted octanol–water partition coefficient (Wildman–Crippen LogP) is 0.348. The van der Waals surface area contributed by atoms with Crippen molar-refractivity contribution in [2.45, 2.75) is 12.5 Å². The lowest BCUT2D eigenvalue weighted by Gasteiger charge is -2.22. The van der Waals surface area contributed by atoms with Crippen molar-refractivity contribution in [2.75, 3.05) is 6.54 Å². The minimum absolute atomic E-state index is 0.556. The van der Waals surface area contributed by atoms with Gasteiger partial charge < -0.3 is 5.32 Å². The molecule has 1 rings (SSSR count). The molecule has 0 radical (unpaired) electrons. The average molecular weight is 101 g/mol. The summed E-state index contributed by atoms with van der Waals surface area (Å²) < 4.78 is 0. The molecule has 0 aromatic heterocycles. The largest absolute Gasteiger partial charge is 0.310 e. The first-order chi connectivity index (χ1) is 2.93. The van der Waals surface area contributed by atoms with E-state index in [-0.39, 0.29) is 0 Å². The number of nitrogens with one attached hydrogen (secondary N) is 1. The van der Waals surface area contributed by atoms with Gasteiger partial charge >= 0.3 is 0 Å². The van der Waals surface area contributed by atoms with E-state index in [0.717, 1.165) is 6.54 Å². The maximum Gasteiger partial charge on any atom is 0.0365 e. The summed E-state index contributed by atoms with van der Waals surface area (Å²) in [5.74, 6) is 0. The van der Waals surface area contributed by atoms with E-state index in [1.807, 2.05) is 0 Å². The Hall–Kier alpha value is 0.0500. The first-order valence-electron chi connectivity index (χ1n) is 2.12. The van der Waals surface area contributed by atoms with Crippen molar-refractivity contribution in [3.8, 4) is 0 Å². The smallest absolute Gasteiger partial charge is 0.0365 e. The second-order valence-electron chi connectivity index (χ2n) is 1.49. The van der Waals surface area contributed by atoms with Crippen LogP contribution in [0.25, 0.3) is 0 Å². The third kappa shape index (κ3) is 0.581. The molecular formula is C4H7NS. The van der Waals surface area contributed by atoms with E-state index >= 15 is 0 Å². The summed E-state index contributed by atoms with van der Waals surface area (Å²) in [5, 5.41) is 4.92. The van der Waals surface area contributed by atoms with Gasteiger partial charge in [-0.15, -0.1) is 0 Å². The van der Waals surface area contributed by atoms with E-state index in [4.69, 9.17) is 0 Å². The number of rotatable bonds is 1. The van der Waals surface area contributed by atoms with E-state index in [2.05, 4.69) is 17.5 Å². The molecule has 1 aliphatic rings. The Morgan fingerprint density at radius 3 is 2.50 bits per heavy atom. The lowest BCUT2D eigenvalue weighted by atomic mass is 10.1. The third-order valence-corrected chi connectivity index (χ3v) is 1.35. The average Bonchev–Trinajstić information content (AvgIpc) is 1.31. The van der Waals surface area contributed by atoms with Gasteiger partial charge in [0, 0.05) is 6.04 Å². The van der Waals surface area contributed by atoms with Gasteiger partial charge in [-0.05, 0) is 18.3 Å². The van der Waals surface area contributed by atoms with E-state index in [9.17, 15) is 0 Å². The van der Waals surface area contributed by atoms with Crippen molar-refractivity contribution in [3.63, 3.8) is 0 Å². The Balaban J connectivity index is 2.16. The van der Waals surface area contributed by atoms with Gasteiger partial charge in [0.25, 0.3) is 0 Å². The fourth-order valence-corrected chi connectivity index (χ4v) is 0.659. The van der Waals surface area contributed by atoms with Crippen LogP contribution < -0.4 is 5.32 Å². The molecule has 1 nitrogen and oxygen atoms in total. The molecule has 34 valence electrons. The summed E-state index contributed by atoms with van der Waals surface area (Å²) in [6.45, 7) is 1.15. The summed E-state index contributed by atoms with van der Waals surface area (Å²) in [4.78, 5) is 0. The van der Waals surface area contributed by atoms with Crippen LogP contribution in [-0.2, 0) is 0 Å². The topological polar surface area (TPSA) is 12.0 Å². The highest BCUT2D eigenvalue weighted by molar-refractivity contribution is 7.79. The summed E-state index contributed by atoms with van der Waals surface area (Å²) >= 11 is 4.64. The van der Waals surface area contributed by atoms with Crippen LogP contribution in [0.1, 0.15) is 6.42 Å². The van der Waals surface area contributed by atoms with Gasteiger partial charge in [-0.3, -0.25) is 0 Å². The second-order valence-corrected chi connectivity index (χ2v) is 1.76. The van der Waals surface area contributed by atoms with Crippen LogP contribution in [0.4, 0.5) is 0 Å². The highest BCUT2D eigenvalue weighted by atomic mass is 32.1. The monoisotopic (exact) mass is 101 g/mol. The van der Waals surface area contributed by atoms with Gasteiger partial charge in [0.15, 0.2) is 0 Å². The fraction of sp³-hybridized carbons (Fsp3) is 0.750. The molecule has 0 aromatic carbocycles. The Bertz CT molecular complexity index is 58.6. The summed E-state index contributed by atoms with van der Waals surface area (Å²) in [6, 6.07) is 0.556. The normalized spacial score (nSPS) is 31.7. The highest BCUT2D eigenvalue weighted by Gasteiger charge is 2.10. The molecule has 1 saturated heterocycles. The lowest BCUT2D eigenvalue weighted by Crippen LogP contribution is -2.43. The number of hydrogen-bond donors (Lipinski definition) is 1. The van der Waals surface area contributed by atoms with Gasteiger partial charge in [0.05, 0.1) is 0 Å². The van der Waals surface area contributed by atoms with Gasteiger partial charge in [-0.25, -0.2) is 0 Å².